The first-order valence-corrected chi connectivity index (χ1v) is 8.48. The van der Waals surface area contributed by atoms with Gasteiger partial charge in [-0.3, -0.25) is 4.68 Å². The van der Waals surface area contributed by atoms with Gasteiger partial charge in [0.15, 0.2) is 0 Å². The van der Waals surface area contributed by atoms with Gasteiger partial charge in [-0.2, -0.15) is 5.10 Å². The van der Waals surface area contributed by atoms with Gasteiger partial charge >= 0.3 is 0 Å². The van der Waals surface area contributed by atoms with Crippen molar-refractivity contribution in [1.82, 2.24) is 15.1 Å². The van der Waals surface area contributed by atoms with Crippen molar-refractivity contribution in [1.29, 1.82) is 0 Å². The molecule has 1 aromatic rings. The highest BCUT2D eigenvalue weighted by molar-refractivity contribution is 5.00. The molecule has 3 nitrogen and oxygen atoms in total. The van der Waals surface area contributed by atoms with Crippen molar-refractivity contribution in [3.8, 4) is 0 Å². The fourth-order valence-electron chi connectivity index (χ4n) is 4.21. The molecule has 2 aliphatic rings. The van der Waals surface area contributed by atoms with Crippen LogP contribution in [0, 0.1) is 11.8 Å². The Morgan fingerprint density at radius 2 is 1.85 bits per heavy atom. The Hall–Kier alpha value is -0.830. The molecular weight excluding hydrogens is 246 g/mol. The zero-order valence-electron chi connectivity index (χ0n) is 13.0. The first-order valence-electron chi connectivity index (χ1n) is 8.48. The third kappa shape index (κ3) is 3.43. The highest BCUT2D eigenvalue weighted by Gasteiger charge is 2.23. The Morgan fingerprint density at radius 1 is 1.15 bits per heavy atom. The van der Waals surface area contributed by atoms with Gasteiger partial charge in [0.2, 0.25) is 0 Å². The fraction of sp³-hybridized carbons (Fsp3) is 0.824. The average molecular weight is 275 g/mol. The Kier molecular flexibility index (Phi) is 4.45. The number of nitrogens with zero attached hydrogens (tertiary/aromatic N) is 2. The molecular formula is C17H29N3. The van der Waals surface area contributed by atoms with E-state index in [1.807, 2.05) is 0 Å². The van der Waals surface area contributed by atoms with E-state index in [2.05, 4.69) is 36.1 Å². The third-order valence-electron chi connectivity index (χ3n) is 5.11. The molecule has 2 atom stereocenters. The minimum absolute atomic E-state index is 0.665. The predicted octanol–water partition coefficient (Wildman–Crippen LogP) is 3.91. The van der Waals surface area contributed by atoms with Gasteiger partial charge in [-0.25, -0.2) is 0 Å². The van der Waals surface area contributed by atoms with Gasteiger partial charge in [-0.15, -0.1) is 0 Å². The van der Waals surface area contributed by atoms with E-state index in [1.165, 1.54) is 50.6 Å². The van der Waals surface area contributed by atoms with E-state index in [0.717, 1.165) is 18.4 Å². The van der Waals surface area contributed by atoms with Crippen LogP contribution in [-0.2, 0) is 6.54 Å². The highest BCUT2D eigenvalue weighted by atomic mass is 15.3. The van der Waals surface area contributed by atoms with Gasteiger partial charge < -0.3 is 5.32 Å². The van der Waals surface area contributed by atoms with E-state index >= 15 is 0 Å². The second kappa shape index (κ2) is 6.30. The summed E-state index contributed by atoms with van der Waals surface area (Å²) in [6, 6.07) is 3.55. The monoisotopic (exact) mass is 275 g/mol. The van der Waals surface area contributed by atoms with Crippen LogP contribution in [0.15, 0.2) is 12.3 Å². The Balaban J connectivity index is 1.50. The van der Waals surface area contributed by atoms with Crippen LogP contribution in [-0.4, -0.2) is 15.8 Å². The molecule has 3 heteroatoms. The van der Waals surface area contributed by atoms with E-state index in [-0.39, 0.29) is 0 Å². The van der Waals surface area contributed by atoms with Crippen LogP contribution in [0.2, 0.25) is 0 Å². The first kappa shape index (κ1) is 14.1. The van der Waals surface area contributed by atoms with Gasteiger partial charge in [-0.05, 0) is 50.0 Å². The summed E-state index contributed by atoms with van der Waals surface area (Å²) in [5.41, 5.74) is 1.21. The minimum atomic E-state index is 0.665. The quantitative estimate of drug-likeness (QED) is 0.903. The molecule has 0 amide bonds. The number of rotatable bonds is 4. The SMILES string of the molecule is CC1CC(C)CC(NCc2ccn(C3CCCC3)n2)C1. The topological polar surface area (TPSA) is 29.9 Å². The lowest BCUT2D eigenvalue weighted by Gasteiger charge is -2.31. The number of hydrogen-bond donors (Lipinski definition) is 1. The van der Waals surface area contributed by atoms with Gasteiger partial charge in [0.1, 0.15) is 0 Å². The Morgan fingerprint density at radius 3 is 2.55 bits per heavy atom. The summed E-state index contributed by atoms with van der Waals surface area (Å²) in [6.45, 7) is 5.71. The molecule has 0 radical (unpaired) electrons. The van der Waals surface area contributed by atoms with Crippen molar-refractivity contribution < 1.29 is 0 Å². The summed E-state index contributed by atoms with van der Waals surface area (Å²) in [5.74, 6) is 1.74. The molecule has 2 saturated carbocycles. The maximum absolute atomic E-state index is 4.77. The molecule has 2 fully saturated rings. The second-order valence-corrected chi connectivity index (χ2v) is 7.22. The summed E-state index contributed by atoms with van der Waals surface area (Å²) >= 11 is 0. The molecule has 0 saturated heterocycles. The number of hydrogen-bond acceptors (Lipinski definition) is 2. The van der Waals surface area contributed by atoms with Crippen LogP contribution >= 0.6 is 0 Å². The highest BCUT2D eigenvalue weighted by Crippen LogP contribution is 2.29. The largest absolute Gasteiger partial charge is 0.308 e. The van der Waals surface area contributed by atoms with Gasteiger partial charge in [0, 0.05) is 18.8 Å². The van der Waals surface area contributed by atoms with Crippen LogP contribution in [0.3, 0.4) is 0 Å². The second-order valence-electron chi connectivity index (χ2n) is 7.22. The predicted molar refractivity (Wildman–Crippen MR) is 82.5 cm³/mol. The van der Waals surface area contributed by atoms with Crippen molar-refractivity contribution in [3.63, 3.8) is 0 Å². The molecule has 112 valence electrons. The minimum Gasteiger partial charge on any atom is -0.308 e. The van der Waals surface area contributed by atoms with Gasteiger partial charge in [0.05, 0.1) is 11.7 Å². The first-order chi connectivity index (χ1) is 9.70. The fourth-order valence-corrected chi connectivity index (χ4v) is 4.21. The van der Waals surface area contributed by atoms with E-state index in [1.54, 1.807) is 0 Å². The zero-order valence-corrected chi connectivity index (χ0v) is 13.0. The van der Waals surface area contributed by atoms with Crippen LogP contribution in [0.5, 0.6) is 0 Å². The van der Waals surface area contributed by atoms with Crippen LogP contribution in [0.4, 0.5) is 0 Å². The standard InChI is InChI=1S/C17H29N3/c1-13-9-14(2)11-16(10-13)18-12-15-7-8-20(19-15)17-5-3-4-6-17/h7-8,13-14,16-18H,3-6,9-12H2,1-2H3. The average Bonchev–Trinajstić information content (AvgIpc) is 3.06. The van der Waals surface area contributed by atoms with E-state index in [9.17, 15) is 0 Å². The maximum atomic E-state index is 4.77. The smallest absolute Gasteiger partial charge is 0.0762 e. The maximum Gasteiger partial charge on any atom is 0.0762 e. The van der Waals surface area contributed by atoms with Gasteiger partial charge in [0.25, 0.3) is 0 Å². The summed E-state index contributed by atoms with van der Waals surface area (Å²) in [7, 11) is 0. The molecule has 0 bridgehead atoms. The van der Waals surface area contributed by atoms with E-state index in [0.29, 0.717) is 12.1 Å². The van der Waals surface area contributed by atoms with Crippen molar-refractivity contribution in [2.24, 2.45) is 11.8 Å². The lowest BCUT2D eigenvalue weighted by atomic mass is 9.80. The lowest BCUT2D eigenvalue weighted by Crippen LogP contribution is -2.36. The Bertz CT molecular complexity index is 410. The van der Waals surface area contributed by atoms with Gasteiger partial charge in [-0.1, -0.05) is 26.7 Å². The summed E-state index contributed by atoms with van der Waals surface area (Å²) in [4.78, 5) is 0. The summed E-state index contributed by atoms with van der Waals surface area (Å²) < 4.78 is 2.20. The molecule has 1 heterocycles. The van der Waals surface area contributed by atoms with E-state index in [4.69, 9.17) is 5.10 Å². The molecule has 1 N–H and O–H groups in total. The third-order valence-corrected chi connectivity index (χ3v) is 5.11. The van der Waals surface area contributed by atoms with E-state index < -0.39 is 0 Å². The summed E-state index contributed by atoms with van der Waals surface area (Å²) in [5, 5.41) is 8.50. The Labute approximate surface area is 123 Å². The van der Waals surface area contributed by atoms with Crippen molar-refractivity contribution in [2.45, 2.75) is 77.4 Å². The van der Waals surface area contributed by atoms with Crippen molar-refractivity contribution in [3.05, 3.63) is 18.0 Å². The van der Waals surface area contributed by atoms with Crippen LogP contribution < -0.4 is 5.32 Å². The normalized spacial score (nSPS) is 31.8. The lowest BCUT2D eigenvalue weighted by molar-refractivity contribution is 0.237. The molecule has 2 aliphatic carbocycles. The molecule has 1 aromatic heterocycles. The molecule has 0 aliphatic heterocycles. The molecule has 20 heavy (non-hydrogen) atoms. The van der Waals surface area contributed by atoms with Crippen LogP contribution in [0.1, 0.15) is 70.5 Å². The number of nitrogens with one attached hydrogen (secondary N) is 1. The molecule has 0 spiro atoms. The zero-order chi connectivity index (χ0) is 13.9. The van der Waals surface area contributed by atoms with Crippen molar-refractivity contribution >= 4 is 0 Å². The molecule has 2 unspecified atom stereocenters. The van der Waals surface area contributed by atoms with Crippen LogP contribution in [0.25, 0.3) is 0 Å². The number of aromatic nitrogens is 2. The summed E-state index contributed by atoms with van der Waals surface area (Å²) in [6.07, 6.45) is 11.6. The molecule has 0 aromatic carbocycles. The van der Waals surface area contributed by atoms with Crippen molar-refractivity contribution in [2.75, 3.05) is 0 Å². The molecule has 3 rings (SSSR count).